The first-order valence-corrected chi connectivity index (χ1v) is 6.96. The molecule has 1 aromatic carbocycles. The maximum Gasteiger partial charge on any atom is 0.0477 e. The van der Waals surface area contributed by atoms with Gasteiger partial charge in [0.25, 0.3) is 0 Å². The Labute approximate surface area is 112 Å². The zero-order chi connectivity index (χ0) is 12.0. The number of anilines is 2. The van der Waals surface area contributed by atoms with Gasteiger partial charge in [-0.05, 0) is 53.1 Å². The highest BCUT2D eigenvalue weighted by molar-refractivity contribution is 14.1. The van der Waals surface area contributed by atoms with Crippen LogP contribution in [0.1, 0.15) is 33.1 Å². The van der Waals surface area contributed by atoms with E-state index in [2.05, 4.69) is 47.8 Å². The van der Waals surface area contributed by atoms with Crippen LogP contribution in [0.4, 0.5) is 11.4 Å². The molecule has 0 heterocycles. The van der Waals surface area contributed by atoms with E-state index in [-0.39, 0.29) is 0 Å². The van der Waals surface area contributed by atoms with Gasteiger partial charge in [-0.2, -0.15) is 0 Å². The monoisotopic (exact) mass is 332 g/mol. The van der Waals surface area contributed by atoms with Crippen molar-refractivity contribution in [3.8, 4) is 0 Å². The number of rotatable bonds is 6. The lowest BCUT2D eigenvalue weighted by molar-refractivity contribution is 0.545. The summed E-state index contributed by atoms with van der Waals surface area (Å²) >= 11 is 2.32. The Kier molecular flexibility index (Phi) is 5.95. The lowest BCUT2D eigenvalue weighted by Gasteiger charge is -2.09. The summed E-state index contributed by atoms with van der Waals surface area (Å²) in [6.07, 6.45) is 3.86. The molecule has 2 nitrogen and oxygen atoms in total. The highest BCUT2D eigenvalue weighted by atomic mass is 127. The molecule has 0 aliphatic heterocycles. The van der Waals surface area contributed by atoms with Gasteiger partial charge in [0.2, 0.25) is 0 Å². The minimum Gasteiger partial charge on any atom is -0.399 e. The minimum absolute atomic E-state index is 0.816. The van der Waals surface area contributed by atoms with Crippen LogP contribution in [-0.4, -0.2) is 6.54 Å². The van der Waals surface area contributed by atoms with Crippen molar-refractivity contribution in [2.24, 2.45) is 5.92 Å². The fourth-order valence-corrected chi connectivity index (χ4v) is 2.31. The van der Waals surface area contributed by atoms with Crippen LogP contribution in [0.3, 0.4) is 0 Å². The van der Waals surface area contributed by atoms with Crippen molar-refractivity contribution >= 4 is 34.0 Å². The second-order valence-electron chi connectivity index (χ2n) is 4.56. The Balaban J connectivity index is 2.27. The topological polar surface area (TPSA) is 38.0 Å². The molecule has 0 atom stereocenters. The SMILES string of the molecule is CC(C)CCCCNc1ccc(N)cc1I. The van der Waals surface area contributed by atoms with Crippen LogP contribution < -0.4 is 11.1 Å². The van der Waals surface area contributed by atoms with Crippen molar-refractivity contribution in [1.29, 1.82) is 0 Å². The summed E-state index contributed by atoms with van der Waals surface area (Å²) in [6.45, 7) is 5.60. The van der Waals surface area contributed by atoms with E-state index in [1.807, 2.05) is 12.1 Å². The average Bonchev–Trinajstić information content (AvgIpc) is 2.20. The minimum atomic E-state index is 0.816. The largest absolute Gasteiger partial charge is 0.399 e. The number of halogens is 1. The van der Waals surface area contributed by atoms with E-state index in [1.54, 1.807) is 0 Å². The molecular weight excluding hydrogens is 311 g/mol. The molecule has 3 N–H and O–H groups in total. The quantitative estimate of drug-likeness (QED) is 0.467. The Morgan fingerprint density at radius 2 is 2.06 bits per heavy atom. The Morgan fingerprint density at radius 3 is 2.69 bits per heavy atom. The van der Waals surface area contributed by atoms with Gasteiger partial charge in [0.05, 0.1) is 0 Å². The molecule has 0 bridgehead atoms. The molecule has 0 radical (unpaired) electrons. The summed E-state index contributed by atoms with van der Waals surface area (Å²) in [7, 11) is 0. The summed E-state index contributed by atoms with van der Waals surface area (Å²) in [5.41, 5.74) is 7.73. The lowest BCUT2D eigenvalue weighted by atomic mass is 10.1. The second-order valence-corrected chi connectivity index (χ2v) is 5.72. The molecule has 3 heteroatoms. The van der Waals surface area contributed by atoms with Gasteiger partial charge < -0.3 is 11.1 Å². The van der Waals surface area contributed by atoms with Crippen LogP contribution in [-0.2, 0) is 0 Å². The molecule has 0 spiro atoms. The lowest BCUT2D eigenvalue weighted by Crippen LogP contribution is -2.03. The molecule has 0 aromatic heterocycles. The number of nitrogen functional groups attached to an aromatic ring is 1. The van der Waals surface area contributed by atoms with Crippen molar-refractivity contribution in [1.82, 2.24) is 0 Å². The summed E-state index contributed by atoms with van der Waals surface area (Å²) in [5.74, 6) is 0.816. The van der Waals surface area contributed by atoms with E-state index in [9.17, 15) is 0 Å². The maximum atomic E-state index is 5.70. The first-order valence-electron chi connectivity index (χ1n) is 5.88. The van der Waals surface area contributed by atoms with Gasteiger partial charge in [-0.1, -0.05) is 26.7 Å². The Hall–Kier alpha value is -0.450. The van der Waals surface area contributed by atoms with E-state index < -0.39 is 0 Å². The second kappa shape index (κ2) is 6.99. The zero-order valence-electron chi connectivity index (χ0n) is 10.1. The first kappa shape index (κ1) is 13.6. The predicted molar refractivity (Wildman–Crippen MR) is 80.8 cm³/mol. The maximum absolute atomic E-state index is 5.70. The first-order chi connectivity index (χ1) is 7.59. The van der Waals surface area contributed by atoms with Crippen LogP contribution in [0.15, 0.2) is 18.2 Å². The van der Waals surface area contributed by atoms with Gasteiger partial charge in [0.15, 0.2) is 0 Å². The average molecular weight is 332 g/mol. The molecule has 16 heavy (non-hydrogen) atoms. The fraction of sp³-hybridized carbons (Fsp3) is 0.538. The van der Waals surface area contributed by atoms with Crippen LogP contribution in [0.25, 0.3) is 0 Å². The van der Waals surface area contributed by atoms with Crippen molar-refractivity contribution in [3.05, 3.63) is 21.8 Å². The van der Waals surface area contributed by atoms with Gasteiger partial charge in [-0.25, -0.2) is 0 Å². The van der Waals surface area contributed by atoms with E-state index in [0.717, 1.165) is 18.2 Å². The molecule has 1 rings (SSSR count). The van der Waals surface area contributed by atoms with Crippen molar-refractivity contribution in [2.75, 3.05) is 17.6 Å². The van der Waals surface area contributed by atoms with E-state index >= 15 is 0 Å². The molecule has 90 valence electrons. The van der Waals surface area contributed by atoms with Crippen molar-refractivity contribution < 1.29 is 0 Å². The molecule has 0 saturated heterocycles. The van der Waals surface area contributed by atoms with Gasteiger partial charge in [-0.15, -0.1) is 0 Å². The number of nitrogens with two attached hydrogens (primary N) is 1. The number of nitrogens with one attached hydrogen (secondary N) is 1. The third kappa shape index (κ3) is 5.05. The highest BCUT2D eigenvalue weighted by Gasteiger charge is 1.99. The Bertz CT molecular complexity index is 324. The number of hydrogen-bond acceptors (Lipinski definition) is 2. The normalized spacial score (nSPS) is 10.8. The molecule has 0 aliphatic carbocycles. The van der Waals surface area contributed by atoms with Crippen molar-refractivity contribution in [3.63, 3.8) is 0 Å². The molecule has 0 amide bonds. The van der Waals surface area contributed by atoms with Crippen molar-refractivity contribution in [2.45, 2.75) is 33.1 Å². The highest BCUT2D eigenvalue weighted by Crippen LogP contribution is 2.20. The summed E-state index contributed by atoms with van der Waals surface area (Å²) in [6, 6.07) is 6.00. The third-order valence-electron chi connectivity index (χ3n) is 2.52. The van der Waals surface area contributed by atoms with Gasteiger partial charge in [0.1, 0.15) is 0 Å². The van der Waals surface area contributed by atoms with Gasteiger partial charge >= 0.3 is 0 Å². The fourth-order valence-electron chi connectivity index (χ4n) is 1.58. The van der Waals surface area contributed by atoms with Crippen LogP contribution in [0.5, 0.6) is 0 Å². The van der Waals surface area contributed by atoms with E-state index in [4.69, 9.17) is 5.73 Å². The predicted octanol–water partition coefficient (Wildman–Crippen LogP) is 4.11. The van der Waals surface area contributed by atoms with Crippen LogP contribution in [0.2, 0.25) is 0 Å². The number of unbranched alkanes of at least 4 members (excludes halogenated alkanes) is 1. The smallest absolute Gasteiger partial charge is 0.0477 e. The van der Waals surface area contributed by atoms with E-state index in [1.165, 1.54) is 28.5 Å². The molecule has 1 aromatic rings. The standard InChI is InChI=1S/C13H21IN2/c1-10(2)5-3-4-8-16-13-7-6-11(15)9-12(13)14/h6-7,9-10,16H,3-5,8,15H2,1-2H3. The third-order valence-corrected chi connectivity index (χ3v) is 3.41. The molecule has 0 saturated carbocycles. The van der Waals surface area contributed by atoms with Gasteiger partial charge in [0, 0.05) is 21.5 Å². The summed E-state index contributed by atoms with van der Waals surface area (Å²) in [5, 5.41) is 3.45. The zero-order valence-corrected chi connectivity index (χ0v) is 12.3. The molecule has 0 fully saturated rings. The molecule has 0 unspecified atom stereocenters. The Morgan fingerprint density at radius 1 is 1.31 bits per heavy atom. The summed E-state index contributed by atoms with van der Waals surface area (Å²) < 4.78 is 1.20. The number of hydrogen-bond donors (Lipinski definition) is 2. The number of benzene rings is 1. The molecule has 0 aliphatic rings. The molecular formula is C13H21IN2. The van der Waals surface area contributed by atoms with Gasteiger partial charge in [-0.3, -0.25) is 0 Å². The van der Waals surface area contributed by atoms with Crippen LogP contribution in [0, 0.1) is 9.49 Å². The van der Waals surface area contributed by atoms with Crippen LogP contribution >= 0.6 is 22.6 Å². The summed E-state index contributed by atoms with van der Waals surface area (Å²) in [4.78, 5) is 0. The van der Waals surface area contributed by atoms with E-state index in [0.29, 0.717) is 0 Å².